The minimum absolute atomic E-state index is 0. The molecule has 0 amide bonds. The molecule has 4 nitrogen and oxygen atoms in total. The molecule has 0 bridgehead atoms. The van der Waals surface area contributed by atoms with Crippen LogP contribution in [0.5, 0.6) is 0 Å². The van der Waals surface area contributed by atoms with Gasteiger partial charge < -0.3 is 15.5 Å². The number of para-hydroxylation sites is 1. The monoisotopic (exact) mass is 244 g/mol. The summed E-state index contributed by atoms with van der Waals surface area (Å²) in [5, 5.41) is 20.0. The summed E-state index contributed by atoms with van der Waals surface area (Å²) in [4.78, 5) is 10.5. The first kappa shape index (κ1) is 13.0. The fourth-order valence-electron chi connectivity index (χ4n) is 0.921. The number of carbonyl (C=O) groups is 1. The van der Waals surface area contributed by atoms with E-state index in [1.165, 1.54) is 0 Å². The van der Waals surface area contributed by atoms with E-state index in [2.05, 4.69) is 5.32 Å². The van der Waals surface area contributed by atoms with Crippen LogP contribution in [-0.2, 0) is 21.9 Å². The van der Waals surface area contributed by atoms with Crippen LogP contribution in [0.2, 0.25) is 0 Å². The van der Waals surface area contributed by atoms with Crippen LogP contribution in [0.3, 0.4) is 0 Å². The van der Waals surface area contributed by atoms with Gasteiger partial charge >= 0.3 is 5.97 Å². The van der Waals surface area contributed by atoms with Crippen LogP contribution in [0.25, 0.3) is 0 Å². The molecule has 1 aromatic rings. The smallest absolute Gasteiger partial charge is 0.328 e. The van der Waals surface area contributed by atoms with Gasteiger partial charge in [-0.1, -0.05) is 18.2 Å². The zero-order valence-corrected chi connectivity index (χ0v) is 8.22. The molecule has 1 aromatic carbocycles. The molecule has 0 aliphatic heterocycles. The number of carboxylic acids is 1. The summed E-state index contributed by atoms with van der Waals surface area (Å²) in [5.41, 5.74) is 0.684. The second-order valence-electron chi connectivity index (χ2n) is 2.58. The molecule has 1 rings (SSSR count). The zero-order chi connectivity index (χ0) is 9.68. The Bertz CT molecular complexity index is 279. The van der Waals surface area contributed by atoms with Crippen molar-refractivity contribution in [3.63, 3.8) is 0 Å². The Labute approximate surface area is 92.4 Å². The van der Waals surface area contributed by atoms with Crippen molar-refractivity contribution in [2.24, 2.45) is 0 Å². The normalized spacial score (nSPS) is 11.2. The molecule has 0 heterocycles. The fourth-order valence-corrected chi connectivity index (χ4v) is 0.921. The molecule has 0 saturated heterocycles. The Hall–Kier alpha value is -1.03. The average Bonchev–Trinajstić information content (AvgIpc) is 2.15. The van der Waals surface area contributed by atoms with Crippen molar-refractivity contribution in [3.8, 4) is 0 Å². The van der Waals surface area contributed by atoms with E-state index in [4.69, 9.17) is 10.2 Å². The van der Waals surface area contributed by atoms with Gasteiger partial charge in [-0.3, -0.25) is 0 Å². The minimum atomic E-state index is -1.06. The van der Waals surface area contributed by atoms with Gasteiger partial charge in [0.15, 0.2) is 0 Å². The van der Waals surface area contributed by atoms with Gasteiger partial charge in [0, 0.05) is 22.8 Å². The molecule has 5 heteroatoms. The van der Waals surface area contributed by atoms with Gasteiger partial charge in [-0.15, -0.1) is 0 Å². The van der Waals surface area contributed by atoms with Gasteiger partial charge in [0.25, 0.3) is 0 Å². The average molecular weight is 245 g/mol. The van der Waals surface area contributed by atoms with Crippen molar-refractivity contribution in [3.05, 3.63) is 30.3 Å². The van der Waals surface area contributed by atoms with Crippen molar-refractivity contribution in [2.45, 2.75) is 6.04 Å². The molecule has 0 spiro atoms. The van der Waals surface area contributed by atoms with Crippen LogP contribution in [0.15, 0.2) is 30.3 Å². The molecule has 81 valence electrons. The molecular formula is C9H11CuNO3. The van der Waals surface area contributed by atoms with Crippen LogP contribution in [0.1, 0.15) is 0 Å². The van der Waals surface area contributed by atoms with Crippen LogP contribution in [0.4, 0.5) is 5.69 Å². The first-order valence-electron chi connectivity index (χ1n) is 3.89. The third-order valence-electron chi connectivity index (χ3n) is 1.60. The van der Waals surface area contributed by atoms with Crippen LogP contribution in [0, 0.1) is 0 Å². The predicted octanol–water partition coefficient (Wildman–Crippen LogP) is 0.541. The number of aliphatic hydroxyl groups is 1. The van der Waals surface area contributed by atoms with Gasteiger partial charge in [0.05, 0.1) is 6.61 Å². The van der Waals surface area contributed by atoms with Gasteiger partial charge in [0.2, 0.25) is 0 Å². The van der Waals surface area contributed by atoms with E-state index in [0.717, 1.165) is 0 Å². The molecule has 0 saturated carbocycles. The van der Waals surface area contributed by atoms with E-state index in [0.29, 0.717) is 5.69 Å². The van der Waals surface area contributed by atoms with Crippen molar-refractivity contribution in [1.82, 2.24) is 0 Å². The Morgan fingerprint density at radius 2 is 1.93 bits per heavy atom. The maximum absolute atomic E-state index is 10.5. The van der Waals surface area contributed by atoms with Gasteiger partial charge in [-0.2, -0.15) is 0 Å². The second kappa shape index (κ2) is 6.43. The molecule has 0 fully saturated rings. The third kappa shape index (κ3) is 3.79. The molecule has 1 atom stereocenters. The summed E-state index contributed by atoms with van der Waals surface area (Å²) in [6, 6.07) is 7.95. The van der Waals surface area contributed by atoms with Crippen LogP contribution >= 0.6 is 0 Å². The number of carboxylic acid groups (broad SMARTS) is 1. The van der Waals surface area contributed by atoms with E-state index in [9.17, 15) is 4.79 Å². The number of benzene rings is 1. The zero-order valence-electron chi connectivity index (χ0n) is 7.28. The van der Waals surface area contributed by atoms with E-state index in [-0.39, 0.29) is 17.1 Å². The molecule has 0 aromatic heterocycles. The van der Waals surface area contributed by atoms with E-state index in [1.54, 1.807) is 24.3 Å². The van der Waals surface area contributed by atoms with Crippen LogP contribution < -0.4 is 5.32 Å². The van der Waals surface area contributed by atoms with Crippen molar-refractivity contribution < 1.29 is 32.1 Å². The fraction of sp³-hybridized carbons (Fsp3) is 0.222. The molecular weight excluding hydrogens is 234 g/mol. The van der Waals surface area contributed by atoms with Gasteiger partial charge in [-0.05, 0) is 12.1 Å². The Kier molecular flexibility index (Phi) is 5.95. The number of hydrogen-bond acceptors (Lipinski definition) is 3. The SMILES string of the molecule is O=C(O)C(CO)Nc1ccccc1.[Cu]. The molecule has 3 N–H and O–H groups in total. The Morgan fingerprint density at radius 3 is 2.36 bits per heavy atom. The number of aliphatic carboxylic acids is 1. The maximum Gasteiger partial charge on any atom is 0.328 e. The van der Waals surface area contributed by atoms with Crippen molar-refractivity contribution in [1.29, 1.82) is 0 Å². The van der Waals surface area contributed by atoms with Crippen molar-refractivity contribution in [2.75, 3.05) is 11.9 Å². The summed E-state index contributed by atoms with van der Waals surface area (Å²) in [7, 11) is 0. The molecule has 1 unspecified atom stereocenters. The van der Waals surface area contributed by atoms with Crippen molar-refractivity contribution >= 4 is 11.7 Å². The molecule has 14 heavy (non-hydrogen) atoms. The third-order valence-corrected chi connectivity index (χ3v) is 1.60. The summed E-state index contributed by atoms with van der Waals surface area (Å²) in [6.07, 6.45) is 0. The topological polar surface area (TPSA) is 69.6 Å². The summed E-state index contributed by atoms with van der Waals surface area (Å²) in [6.45, 7) is -0.426. The number of rotatable bonds is 4. The first-order chi connectivity index (χ1) is 6.24. The minimum Gasteiger partial charge on any atom is -0.480 e. The molecule has 0 aliphatic rings. The maximum atomic E-state index is 10.5. The molecule has 1 radical (unpaired) electrons. The number of nitrogens with one attached hydrogen (secondary N) is 1. The van der Waals surface area contributed by atoms with Crippen LogP contribution in [-0.4, -0.2) is 28.8 Å². The van der Waals surface area contributed by atoms with E-state index in [1.807, 2.05) is 6.07 Å². The van der Waals surface area contributed by atoms with E-state index < -0.39 is 18.6 Å². The number of aliphatic hydroxyl groups excluding tert-OH is 1. The standard InChI is InChI=1S/C9H11NO3.Cu/c11-6-8(9(12)13)10-7-4-2-1-3-5-7;/h1-5,8,10-11H,6H2,(H,12,13);. The largest absolute Gasteiger partial charge is 0.480 e. The Balaban J connectivity index is 0.00000169. The Morgan fingerprint density at radius 1 is 1.36 bits per heavy atom. The summed E-state index contributed by atoms with van der Waals surface area (Å²) >= 11 is 0. The quantitative estimate of drug-likeness (QED) is 0.677. The first-order valence-corrected chi connectivity index (χ1v) is 3.89. The number of hydrogen-bond donors (Lipinski definition) is 3. The number of anilines is 1. The van der Waals surface area contributed by atoms with Gasteiger partial charge in [-0.25, -0.2) is 4.79 Å². The second-order valence-corrected chi connectivity index (χ2v) is 2.58. The van der Waals surface area contributed by atoms with Gasteiger partial charge in [0.1, 0.15) is 6.04 Å². The van der Waals surface area contributed by atoms with E-state index >= 15 is 0 Å². The predicted molar refractivity (Wildman–Crippen MR) is 48.6 cm³/mol. The summed E-state index contributed by atoms with van der Waals surface area (Å²) in [5.74, 6) is -1.06. The molecule has 0 aliphatic carbocycles. The summed E-state index contributed by atoms with van der Waals surface area (Å²) < 4.78 is 0.